The van der Waals surface area contributed by atoms with Crippen LogP contribution in [0.1, 0.15) is 29.4 Å². The molecular formula is C19H23N5O4. The van der Waals surface area contributed by atoms with Gasteiger partial charge in [-0.05, 0) is 31.0 Å². The first-order valence-corrected chi connectivity index (χ1v) is 8.60. The summed E-state index contributed by atoms with van der Waals surface area (Å²) in [6, 6.07) is 5.62. The largest absolute Gasteiger partial charge is 0.493 e. The van der Waals surface area contributed by atoms with Gasteiger partial charge in [0.15, 0.2) is 11.5 Å². The van der Waals surface area contributed by atoms with Crippen molar-refractivity contribution in [2.24, 2.45) is 5.10 Å². The van der Waals surface area contributed by atoms with Gasteiger partial charge in [-0.25, -0.2) is 10.4 Å². The number of nitrogens with zero attached hydrogens (tertiary/aromatic N) is 3. The monoisotopic (exact) mass is 385 g/mol. The number of hydrazone groups is 1. The molecule has 28 heavy (non-hydrogen) atoms. The van der Waals surface area contributed by atoms with Gasteiger partial charge in [0.1, 0.15) is 5.69 Å². The molecule has 0 saturated heterocycles. The van der Waals surface area contributed by atoms with E-state index in [1.807, 2.05) is 18.2 Å². The molecule has 9 nitrogen and oxygen atoms in total. The van der Waals surface area contributed by atoms with Crippen LogP contribution in [0, 0.1) is 0 Å². The van der Waals surface area contributed by atoms with Crippen LogP contribution in [0.25, 0.3) is 0 Å². The van der Waals surface area contributed by atoms with Crippen molar-refractivity contribution in [1.29, 1.82) is 0 Å². The van der Waals surface area contributed by atoms with Crippen LogP contribution in [0.4, 0.5) is 0 Å². The van der Waals surface area contributed by atoms with Crippen molar-refractivity contribution in [3.63, 3.8) is 0 Å². The van der Waals surface area contributed by atoms with Crippen LogP contribution in [0.2, 0.25) is 0 Å². The highest BCUT2D eigenvalue weighted by Crippen LogP contribution is 2.27. The fourth-order valence-corrected chi connectivity index (χ4v) is 2.34. The van der Waals surface area contributed by atoms with Gasteiger partial charge in [0.2, 0.25) is 5.91 Å². The zero-order valence-corrected chi connectivity index (χ0v) is 16.1. The van der Waals surface area contributed by atoms with Gasteiger partial charge in [0.05, 0.1) is 26.8 Å². The van der Waals surface area contributed by atoms with E-state index in [1.54, 1.807) is 21.1 Å². The Morgan fingerprint density at radius 2 is 1.93 bits per heavy atom. The van der Waals surface area contributed by atoms with Crippen LogP contribution >= 0.6 is 0 Å². The highest BCUT2D eigenvalue weighted by molar-refractivity contribution is 6.00. The molecule has 0 saturated carbocycles. The second-order valence-electron chi connectivity index (χ2n) is 5.84. The molecule has 0 aliphatic heterocycles. The van der Waals surface area contributed by atoms with Gasteiger partial charge in [0.25, 0.3) is 5.91 Å². The first-order valence-electron chi connectivity index (χ1n) is 8.60. The fourth-order valence-electron chi connectivity index (χ4n) is 2.34. The summed E-state index contributed by atoms with van der Waals surface area (Å²) in [5.41, 5.74) is 3.99. The Bertz CT molecular complexity index is 839. The minimum absolute atomic E-state index is 0.0761. The van der Waals surface area contributed by atoms with Gasteiger partial charge >= 0.3 is 0 Å². The zero-order valence-electron chi connectivity index (χ0n) is 16.1. The second kappa shape index (κ2) is 10.6. The highest BCUT2D eigenvalue weighted by atomic mass is 16.5. The lowest BCUT2D eigenvalue weighted by Crippen LogP contribution is -2.28. The highest BCUT2D eigenvalue weighted by Gasteiger charge is 2.08. The summed E-state index contributed by atoms with van der Waals surface area (Å²) in [5, 5.41) is 6.73. The van der Waals surface area contributed by atoms with E-state index < -0.39 is 5.91 Å². The van der Waals surface area contributed by atoms with Crippen LogP contribution in [-0.4, -0.2) is 48.3 Å². The van der Waals surface area contributed by atoms with Crippen molar-refractivity contribution in [1.82, 2.24) is 20.7 Å². The topological polar surface area (TPSA) is 115 Å². The third-order valence-corrected chi connectivity index (χ3v) is 3.74. The predicted octanol–water partition coefficient (Wildman–Crippen LogP) is 1.35. The van der Waals surface area contributed by atoms with Crippen molar-refractivity contribution in [3.8, 4) is 11.5 Å². The molecule has 2 N–H and O–H groups in total. The lowest BCUT2D eigenvalue weighted by molar-refractivity contribution is -0.119. The lowest BCUT2D eigenvalue weighted by Gasteiger charge is -2.10. The van der Waals surface area contributed by atoms with E-state index >= 15 is 0 Å². The maximum Gasteiger partial charge on any atom is 0.291 e. The van der Waals surface area contributed by atoms with Crippen LogP contribution in [0.5, 0.6) is 11.5 Å². The molecule has 9 heteroatoms. The number of methoxy groups -OCH3 is 2. The number of amides is 2. The van der Waals surface area contributed by atoms with Gasteiger partial charge in [-0.3, -0.25) is 14.6 Å². The maximum atomic E-state index is 12.0. The van der Waals surface area contributed by atoms with E-state index in [9.17, 15) is 9.59 Å². The number of benzene rings is 1. The van der Waals surface area contributed by atoms with Crippen molar-refractivity contribution in [2.45, 2.75) is 19.8 Å². The molecule has 148 valence electrons. The molecular weight excluding hydrogens is 362 g/mol. The number of nitrogens with one attached hydrogen (secondary N) is 2. The number of hydrogen-bond acceptors (Lipinski definition) is 7. The molecule has 0 atom stereocenters. The number of rotatable bonds is 9. The molecule has 0 aliphatic rings. The molecule has 1 aromatic heterocycles. The van der Waals surface area contributed by atoms with Crippen LogP contribution in [0.3, 0.4) is 0 Å². The van der Waals surface area contributed by atoms with E-state index in [-0.39, 0.29) is 18.0 Å². The summed E-state index contributed by atoms with van der Waals surface area (Å²) >= 11 is 0. The molecule has 0 unspecified atom stereocenters. The zero-order chi connectivity index (χ0) is 20.4. The minimum Gasteiger partial charge on any atom is -0.493 e. The summed E-state index contributed by atoms with van der Waals surface area (Å²) in [6.45, 7) is 2.12. The first kappa shape index (κ1) is 20.8. The van der Waals surface area contributed by atoms with Crippen molar-refractivity contribution in [2.75, 3.05) is 20.8 Å². The molecule has 2 aromatic rings. The summed E-state index contributed by atoms with van der Waals surface area (Å²) in [5.74, 6) is 0.635. The van der Waals surface area contributed by atoms with Gasteiger partial charge in [-0.2, -0.15) is 5.10 Å². The summed E-state index contributed by atoms with van der Waals surface area (Å²) < 4.78 is 10.5. The Morgan fingerprint density at radius 3 is 2.61 bits per heavy atom. The number of aromatic nitrogens is 2. The first-order chi connectivity index (χ1) is 13.5. The van der Waals surface area contributed by atoms with E-state index in [0.29, 0.717) is 30.2 Å². The molecule has 0 aliphatic carbocycles. The van der Waals surface area contributed by atoms with Crippen LogP contribution in [0.15, 0.2) is 41.9 Å². The smallest absolute Gasteiger partial charge is 0.291 e. The molecule has 0 spiro atoms. The van der Waals surface area contributed by atoms with E-state index in [2.05, 4.69) is 25.8 Å². The van der Waals surface area contributed by atoms with Crippen LogP contribution in [-0.2, 0) is 11.2 Å². The Hall–Kier alpha value is -3.49. The number of ether oxygens (including phenoxy) is 2. The molecule has 2 amide bonds. The van der Waals surface area contributed by atoms with Crippen molar-refractivity contribution in [3.05, 3.63) is 48.0 Å². The minimum atomic E-state index is -0.485. The summed E-state index contributed by atoms with van der Waals surface area (Å²) in [4.78, 5) is 31.5. The Labute approximate surface area is 163 Å². The third-order valence-electron chi connectivity index (χ3n) is 3.74. The molecule has 0 bridgehead atoms. The average Bonchev–Trinajstić information content (AvgIpc) is 2.72. The normalized spacial score (nSPS) is 10.9. The van der Waals surface area contributed by atoms with Gasteiger partial charge < -0.3 is 14.8 Å². The van der Waals surface area contributed by atoms with Gasteiger partial charge in [-0.1, -0.05) is 6.07 Å². The Kier molecular flexibility index (Phi) is 7.89. The maximum absolute atomic E-state index is 12.0. The SMILES string of the molecule is COc1ccc(CCNC(=O)C/C(C)=N/NC(=O)c2cnccn2)cc1OC. The number of hydrogen-bond donors (Lipinski definition) is 2. The molecule has 0 radical (unpaired) electrons. The third kappa shape index (κ3) is 6.35. The van der Waals surface area contributed by atoms with Crippen molar-refractivity contribution < 1.29 is 19.1 Å². The lowest BCUT2D eigenvalue weighted by atomic mass is 10.1. The summed E-state index contributed by atoms with van der Waals surface area (Å²) in [6.07, 6.45) is 4.94. The summed E-state index contributed by atoms with van der Waals surface area (Å²) in [7, 11) is 3.16. The van der Waals surface area contributed by atoms with Crippen LogP contribution < -0.4 is 20.2 Å². The molecule has 1 aromatic carbocycles. The molecule has 2 rings (SSSR count). The second-order valence-corrected chi connectivity index (χ2v) is 5.84. The molecule has 1 heterocycles. The Morgan fingerprint density at radius 1 is 1.14 bits per heavy atom. The Balaban J connectivity index is 1.76. The number of carbonyl (C=O) groups excluding carboxylic acids is 2. The fraction of sp³-hybridized carbons (Fsp3) is 0.316. The van der Waals surface area contributed by atoms with E-state index in [1.165, 1.54) is 18.6 Å². The van der Waals surface area contributed by atoms with E-state index in [4.69, 9.17) is 9.47 Å². The predicted molar refractivity (Wildman–Crippen MR) is 103 cm³/mol. The van der Waals surface area contributed by atoms with Gasteiger partial charge in [0, 0.05) is 24.7 Å². The average molecular weight is 385 g/mol. The molecule has 0 fully saturated rings. The quantitative estimate of drug-likeness (QED) is 0.497. The number of carbonyl (C=O) groups is 2. The standard InChI is InChI=1S/C19H23N5O4/c1-13(23-24-19(26)15-12-20-8-9-21-15)10-18(25)22-7-6-14-4-5-16(27-2)17(11-14)28-3/h4-5,8-9,11-12H,6-7,10H2,1-3H3,(H,22,25)(H,24,26)/b23-13+. The van der Waals surface area contributed by atoms with Gasteiger partial charge in [-0.15, -0.1) is 0 Å². The van der Waals surface area contributed by atoms with Crippen molar-refractivity contribution >= 4 is 17.5 Å². The van der Waals surface area contributed by atoms with E-state index in [0.717, 1.165) is 5.56 Å².